The fourth-order valence-corrected chi connectivity index (χ4v) is 13.0. The molecule has 15 rings (SSSR count). The molecule has 0 aromatic carbocycles. The second-order valence-electron chi connectivity index (χ2n) is 25.2. The van der Waals surface area contributed by atoms with E-state index in [1.54, 1.807) is 0 Å². The van der Waals surface area contributed by atoms with Crippen molar-refractivity contribution in [3.8, 4) is 0 Å². The monoisotopic (exact) mass is 1210 g/mol. The van der Waals surface area contributed by atoms with E-state index in [0.717, 1.165) is 209 Å². The summed E-state index contributed by atoms with van der Waals surface area (Å²) in [4.78, 5) is 67.7. The number of likely N-dealkylation sites (N-methyl/N-ethyl adjacent to an activating group) is 1. The molecule has 0 radical (unpaired) electrons. The van der Waals surface area contributed by atoms with E-state index < -0.39 is 0 Å². The predicted octanol–water partition coefficient (Wildman–Crippen LogP) is 8.39. The molecule has 9 aromatic rings. The average molecular weight is 1220 g/mol. The number of nitrogens with one attached hydrogen (secondary N) is 3. The Morgan fingerprint density at radius 2 is 0.733 bits per heavy atom. The number of rotatable bonds is 12. The summed E-state index contributed by atoms with van der Waals surface area (Å²) in [6.45, 7) is 36.7. The van der Waals surface area contributed by atoms with E-state index in [4.69, 9.17) is 15.0 Å². The van der Waals surface area contributed by atoms with Crippen LogP contribution < -0.4 is 30.7 Å². The lowest BCUT2D eigenvalue weighted by Crippen LogP contribution is -2.48. The third-order valence-corrected chi connectivity index (χ3v) is 18.4. The zero-order valence-electron chi connectivity index (χ0n) is 53.7. The molecule has 15 heterocycles. The molecule has 0 saturated carbocycles. The molecule has 6 aliphatic heterocycles. The second kappa shape index (κ2) is 26.4. The molecule has 24 heteroatoms. The first-order chi connectivity index (χ1) is 43.7. The van der Waals surface area contributed by atoms with Gasteiger partial charge < -0.3 is 44.4 Å². The summed E-state index contributed by atoms with van der Waals surface area (Å²) in [5.74, 6) is 3.99. The Labute approximate surface area is 527 Å². The molecule has 90 heavy (non-hydrogen) atoms. The van der Waals surface area contributed by atoms with Crippen molar-refractivity contribution in [2.24, 2.45) is 9.98 Å². The number of anilines is 9. The lowest BCUT2D eigenvalue weighted by atomic mass is 10.2. The fraction of sp³-hybridized carbons (Fsp3) is 0.470. The third kappa shape index (κ3) is 13.3. The maximum atomic E-state index is 4.77. The van der Waals surface area contributed by atoms with Crippen LogP contribution in [0.5, 0.6) is 0 Å². The van der Waals surface area contributed by atoms with Crippen LogP contribution in [-0.2, 0) is 26.2 Å². The Hall–Kier alpha value is -8.71. The van der Waals surface area contributed by atoms with Gasteiger partial charge in [0.15, 0.2) is 0 Å². The van der Waals surface area contributed by atoms with Crippen LogP contribution in [0.15, 0.2) is 102 Å². The molecule has 3 fully saturated rings. The van der Waals surface area contributed by atoms with Crippen molar-refractivity contribution in [1.29, 1.82) is 0 Å². The van der Waals surface area contributed by atoms with E-state index in [1.807, 2.05) is 69.2 Å². The van der Waals surface area contributed by atoms with Crippen molar-refractivity contribution in [1.82, 2.24) is 78.2 Å². The number of piperazine rings is 3. The smallest absolute Gasteiger partial charge is 0.230 e. The van der Waals surface area contributed by atoms with Crippen molar-refractivity contribution < 1.29 is 0 Å². The highest BCUT2D eigenvalue weighted by Gasteiger charge is 2.25. The van der Waals surface area contributed by atoms with Gasteiger partial charge in [0, 0.05) is 170 Å². The minimum atomic E-state index is 0.564. The Morgan fingerprint density at radius 1 is 0.378 bits per heavy atom. The lowest BCUT2D eigenvalue weighted by molar-refractivity contribution is 0.209. The van der Waals surface area contributed by atoms with Crippen LogP contribution in [0.25, 0.3) is 33.1 Å². The first-order valence-corrected chi connectivity index (χ1v) is 32.2. The van der Waals surface area contributed by atoms with Crippen molar-refractivity contribution in [3.63, 3.8) is 0 Å². The van der Waals surface area contributed by atoms with Gasteiger partial charge >= 0.3 is 0 Å². The molecule has 0 aliphatic carbocycles. The molecular weight excluding hydrogens is 1130 g/mol. The van der Waals surface area contributed by atoms with Crippen molar-refractivity contribution in [3.05, 3.63) is 109 Å². The van der Waals surface area contributed by atoms with Crippen LogP contribution in [0.1, 0.15) is 72.5 Å². The predicted molar refractivity (Wildman–Crippen MR) is 362 cm³/mol. The Morgan fingerprint density at radius 3 is 1.08 bits per heavy atom. The van der Waals surface area contributed by atoms with E-state index in [2.05, 4.69) is 189 Å². The molecule has 0 unspecified atom stereocenters. The number of fused-ring (bicyclic) bond motifs is 9. The molecule has 0 atom stereocenters. The highest BCUT2D eigenvalue weighted by atomic mass is 15.3. The Kier molecular flexibility index (Phi) is 17.7. The number of aliphatic imine (C=N–C) groups is 2. The molecule has 0 spiro atoms. The van der Waals surface area contributed by atoms with Gasteiger partial charge in [0.25, 0.3) is 0 Å². The zero-order chi connectivity index (χ0) is 62.0. The molecule has 470 valence electrons. The number of hydrogen-bond acceptors (Lipinski definition) is 21. The number of aromatic nitrogens is 12. The van der Waals surface area contributed by atoms with Gasteiger partial charge in [-0.3, -0.25) is 29.6 Å². The van der Waals surface area contributed by atoms with Gasteiger partial charge in [-0.15, -0.1) is 0 Å². The van der Waals surface area contributed by atoms with E-state index in [-0.39, 0.29) is 0 Å². The van der Waals surface area contributed by atoms with Gasteiger partial charge in [0.05, 0.1) is 71.6 Å². The van der Waals surface area contributed by atoms with Gasteiger partial charge in [-0.05, 0) is 117 Å². The minimum Gasteiger partial charge on any atom is -0.368 e. The topological polar surface area (TPSA) is 214 Å². The van der Waals surface area contributed by atoms with E-state index in [9.17, 15) is 0 Å². The Balaban J connectivity index is 0.000000124. The highest BCUT2D eigenvalue weighted by molar-refractivity contribution is 6.03. The zero-order valence-corrected chi connectivity index (χ0v) is 53.7. The number of nitrogens with zero attached hydrogens (tertiary/aromatic N) is 21. The first kappa shape index (κ1) is 60.2. The molecule has 9 aromatic heterocycles. The molecule has 24 nitrogen and oxygen atoms in total. The normalized spacial score (nSPS) is 17.6. The fourth-order valence-electron chi connectivity index (χ4n) is 13.0. The van der Waals surface area contributed by atoms with Crippen LogP contribution in [0.3, 0.4) is 0 Å². The maximum Gasteiger partial charge on any atom is 0.230 e. The molecule has 3 saturated heterocycles. The maximum absolute atomic E-state index is 4.77. The molecule has 0 bridgehead atoms. The first-order valence-electron chi connectivity index (χ1n) is 32.2. The van der Waals surface area contributed by atoms with Gasteiger partial charge in [-0.1, -0.05) is 0 Å². The quantitative estimate of drug-likeness (QED) is 0.105. The van der Waals surface area contributed by atoms with Crippen LogP contribution in [-0.4, -0.2) is 213 Å². The standard InChI is InChI=1S/C22H30N8.2C22H28N8/c1-16(2)28-7-9-29(10-8-28)18-4-5-20(23-14-18)25-22-24-13-17-12-19-15-27(3)6-11-30(19)21(17)26-22;2*1-15(2)28-8-10-29(11-9-28)18-4-5-20(24-14-18)26-22-25-13-17-12-19-16(3)23-6-7-30(19)21(17)27-22/h4-5,12-14,16H,6-11,15H2,1-3H3,(H,23,24,25,26);2*4-5,12-15H,6-11H2,1-3H3,(H,24,25,26,27). The number of hydrogen-bond donors (Lipinski definition) is 3. The summed E-state index contributed by atoms with van der Waals surface area (Å²) in [5.41, 5.74) is 12.0. The van der Waals surface area contributed by atoms with Gasteiger partial charge in [0.1, 0.15) is 34.4 Å². The van der Waals surface area contributed by atoms with Gasteiger partial charge in [-0.2, -0.15) is 15.0 Å². The summed E-state index contributed by atoms with van der Waals surface area (Å²) in [5, 5.41) is 12.9. The number of pyridine rings is 3. The van der Waals surface area contributed by atoms with Crippen molar-refractivity contribution >= 4 is 96.9 Å². The molecule has 6 aliphatic rings. The van der Waals surface area contributed by atoms with Crippen LogP contribution >= 0.6 is 0 Å². The van der Waals surface area contributed by atoms with E-state index in [1.165, 1.54) is 11.4 Å². The highest BCUT2D eigenvalue weighted by Crippen LogP contribution is 2.29. The minimum absolute atomic E-state index is 0.564. The van der Waals surface area contributed by atoms with Crippen molar-refractivity contribution in [2.75, 3.05) is 136 Å². The van der Waals surface area contributed by atoms with Crippen LogP contribution in [0.2, 0.25) is 0 Å². The molecular formula is C66H86N24. The average Bonchev–Trinajstić information content (AvgIpc) is 1.81. The lowest BCUT2D eigenvalue weighted by Gasteiger charge is -2.38. The van der Waals surface area contributed by atoms with Gasteiger partial charge in [-0.25, -0.2) is 29.9 Å². The van der Waals surface area contributed by atoms with E-state index in [0.29, 0.717) is 36.0 Å². The van der Waals surface area contributed by atoms with E-state index >= 15 is 0 Å². The van der Waals surface area contributed by atoms with Crippen LogP contribution in [0, 0.1) is 0 Å². The molecule has 3 N–H and O–H groups in total. The second-order valence-corrected chi connectivity index (χ2v) is 25.2. The summed E-state index contributed by atoms with van der Waals surface area (Å²) >= 11 is 0. The summed E-state index contributed by atoms with van der Waals surface area (Å²) in [6.07, 6.45) is 11.5. The van der Waals surface area contributed by atoms with Crippen LogP contribution in [0.4, 0.5) is 52.4 Å². The van der Waals surface area contributed by atoms with Crippen molar-refractivity contribution in [2.45, 2.75) is 99.7 Å². The summed E-state index contributed by atoms with van der Waals surface area (Å²) in [6, 6.07) is 20.6. The molecule has 0 amide bonds. The largest absolute Gasteiger partial charge is 0.368 e. The third-order valence-electron chi connectivity index (χ3n) is 18.4. The summed E-state index contributed by atoms with van der Waals surface area (Å²) < 4.78 is 6.74. The SMILES string of the molecule is CC(C)N1CCN(c2ccc(Nc3ncc4cc5n(c4n3)CCN(C)C5)nc2)CC1.CC1=NCCn2c1cc1cnc(Nc3ccc(N4CCN(C(C)C)CC4)cn3)nc12.CC1=NCCn2c1cc1cnc(Nc3ccc(N4CCN(C(C)C)CC4)cn3)nc12. The Bertz CT molecular complexity index is 3810. The van der Waals surface area contributed by atoms with Gasteiger partial charge in [0.2, 0.25) is 17.8 Å². The summed E-state index contributed by atoms with van der Waals surface area (Å²) in [7, 11) is 2.15.